The maximum Gasteiger partial charge on any atom is 0.317 e. The third kappa shape index (κ3) is 3.49. The Hall–Kier alpha value is -2.15. The number of amides is 2. The second kappa shape index (κ2) is 6.53. The van der Waals surface area contributed by atoms with Gasteiger partial charge in [0.2, 0.25) is 0 Å². The predicted molar refractivity (Wildman–Crippen MR) is 82.4 cm³/mol. The van der Waals surface area contributed by atoms with E-state index in [-0.39, 0.29) is 6.03 Å². The van der Waals surface area contributed by atoms with Crippen molar-refractivity contribution in [2.75, 3.05) is 31.1 Å². The van der Waals surface area contributed by atoms with Gasteiger partial charge < -0.3 is 15.1 Å². The highest BCUT2D eigenvalue weighted by Gasteiger charge is 2.21. The first-order valence-electron chi connectivity index (χ1n) is 6.89. The fourth-order valence-corrected chi connectivity index (χ4v) is 2.93. The highest BCUT2D eigenvalue weighted by atomic mass is 32.1. The molecule has 2 aromatic rings. The van der Waals surface area contributed by atoms with Gasteiger partial charge in [-0.3, -0.25) is 4.98 Å². The molecule has 0 spiro atoms. The average molecular weight is 303 g/mol. The van der Waals surface area contributed by atoms with Crippen LogP contribution in [0, 0.1) is 0 Å². The van der Waals surface area contributed by atoms with Gasteiger partial charge in [-0.25, -0.2) is 9.78 Å². The summed E-state index contributed by atoms with van der Waals surface area (Å²) < 4.78 is 0. The third-order valence-corrected chi connectivity index (χ3v) is 4.31. The molecule has 0 atom stereocenters. The molecule has 21 heavy (non-hydrogen) atoms. The van der Waals surface area contributed by atoms with Gasteiger partial charge in [-0.2, -0.15) is 0 Å². The van der Waals surface area contributed by atoms with E-state index in [4.69, 9.17) is 0 Å². The number of rotatable bonds is 3. The molecule has 2 aromatic heterocycles. The van der Waals surface area contributed by atoms with Crippen LogP contribution in [0.2, 0.25) is 0 Å². The van der Waals surface area contributed by atoms with Crippen LogP contribution in [0.15, 0.2) is 36.1 Å². The van der Waals surface area contributed by atoms with Crippen molar-refractivity contribution < 1.29 is 4.79 Å². The first kappa shape index (κ1) is 13.8. The monoisotopic (exact) mass is 303 g/mol. The molecule has 6 nitrogen and oxygen atoms in total. The lowest BCUT2D eigenvalue weighted by atomic mass is 10.3. The standard InChI is InChI=1S/C14H17N5OS/c20-14(17-10-12-2-1-9-21-12)19-7-5-18(6-8-19)13-11-15-3-4-16-13/h1-4,9,11H,5-8,10H2,(H,17,20). The lowest BCUT2D eigenvalue weighted by molar-refractivity contribution is 0.194. The molecule has 0 aliphatic carbocycles. The van der Waals surface area contributed by atoms with Crippen LogP contribution in [0.4, 0.5) is 10.6 Å². The molecule has 1 fully saturated rings. The first-order chi connectivity index (χ1) is 10.3. The number of nitrogens with one attached hydrogen (secondary N) is 1. The molecule has 0 unspecified atom stereocenters. The Balaban J connectivity index is 1.48. The lowest BCUT2D eigenvalue weighted by Gasteiger charge is -2.35. The van der Waals surface area contributed by atoms with Crippen molar-refractivity contribution in [3.63, 3.8) is 0 Å². The molecule has 0 saturated carbocycles. The van der Waals surface area contributed by atoms with Crippen molar-refractivity contribution in [3.8, 4) is 0 Å². The molecular weight excluding hydrogens is 286 g/mol. The van der Waals surface area contributed by atoms with Gasteiger partial charge in [0.1, 0.15) is 5.82 Å². The molecule has 2 amide bonds. The number of carbonyl (C=O) groups is 1. The molecule has 0 radical (unpaired) electrons. The van der Waals surface area contributed by atoms with Crippen LogP contribution in [-0.2, 0) is 6.54 Å². The molecule has 110 valence electrons. The van der Waals surface area contributed by atoms with E-state index in [1.54, 1.807) is 29.9 Å². The first-order valence-corrected chi connectivity index (χ1v) is 7.77. The fraction of sp³-hybridized carbons (Fsp3) is 0.357. The van der Waals surface area contributed by atoms with E-state index in [0.29, 0.717) is 19.6 Å². The number of piperazine rings is 1. The van der Waals surface area contributed by atoms with Crippen LogP contribution in [0.5, 0.6) is 0 Å². The highest BCUT2D eigenvalue weighted by Crippen LogP contribution is 2.12. The third-order valence-electron chi connectivity index (χ3n) is 3.43. The van der Waals surface area contributed by atoms with Crippen molar-refractivity contribution in [2.45, 2.75) is 6.54 Å². The van der Waals surface area contributed by atoms with Crippen LogP contribution in [0.3, 0.4) is 0 Å². The van der Waals surface area contributed by atoms with Gasteiger partial charge in [0, 0.05) is 43.4 Å². The summed E-state index contributed by atoms with van der Waals surface area (Å²) in [6.07, 6.45) is 5.11. The van der Waals surface area contributed by atoms with Crippen LogP contribution >= 0.6 is 11.3 Å². The Labute approximate surface area is 127 Å². The summed E-state index contributed by atoms with van der Waals surface area (Å²) in [5, 5.41) is 4.98. The molecule has 0 bridgehead atoms. The molecule has 7 heteroatoms. The minimum atomic E-state index is 0.00203. The summed E-state index contributed by atoms with van der Waals surface area (Å²) in [5.41, 5.74) is 0. The maximum atomic E-state index is 12.1. The second-order valence-electron chi connectivity index (χ2n) is 4.78. The van der Waals surface area contributed by atoms with Crippen LogP contribution in [0.1, 0.15) is 4.88 Å². The number of aromatic nitrogens is 2. The molecule has 1 aliphatic heterocycles. The Kier molecular flexibility index (Phi) is 4.30. The van der Waals surface area contributed by atoms with Gasteiger partial charge >= 0.3 is 6.03 Å². The van der Waals surface area contributed by atoms with Crippen LogP contribution in [0.25, 0.3) is 0 Å². The van der Waals surface area contributed by atoms with Crippen LogP contribution < -0.4 is 10.2 Å². The topological polar surface area (TPSA) is 61.4 Å². The Morgan fingerprint density at radius 2 is 2.14 bits per heavy atom. The van der Waals surface area contributed by atoms with Crippen molar-refractivity contribution in [1.82, 2.24) is 20.2 Å². The molecule has 3 heterocycles. The zero-order chi connectivity index (χ0) is 14.5. The highest BCUT2D eigenvalue weighted by molar-refractivity contribution is 7.09. The lowest BCUT2D eigenvalue weighted by Crippen LogP contribution is -2.51. The van der Waals surface area contributed by atoms with E-state index in [1.807, 2.05) is 22.4 Å². The number of hydrogen-bond acceptors (Lipinski definition) is 5. The molecule has 1 aliphatic rings. The minimum absolute atomic E-state index is 0.00203. The number of hydrogen-bond donors (Lipinski definition) is 1. The normalized spacial score (nSPS) is 15.0. The van der Waals surface area contributed by atoms with Gasteiger partial charge in [0.25, 0.3) is 0 Å². The Morgan fingerprint density at radius 1 is 1.29 bits per heavy atom. The average Bonchev–Trinajstić information content (AvgIpc) is 3.07. The second-order valence-corrected chi connectivity index (χ2v) is 5.81. The van der Waals surface area contributed by atoms with E-state index in [9.17, 15) is 4.79 Å². The van der Waals surface area contributed by atoms with Gasteiger partial charge in [-0.1, -0.05) is 6.07 Å². The summed E-state index contributed by atoms with van der Waals surface area (Å²) in [6.45, 7) is 3.57. The van der Waals surface area contributed by atoms with E-state index in [2.05, 4.69) is 20.2 Å². The quantitative estimate of drug-likeness (QED) is 0.935. The summed E-state index contributed by atoms with van der Waals surface area (Å²) in [4.78, 5) is 25.6. The molecule has 1 N–H and O–H groups in total. The molecular formula is C14H17N5OS. The zero-order valence-electron chi connectivity index (χ0n) is 11.6. The number of thiophene rings is 1. The number of carbonyl (C=O) groups excluding carboxylic acids is 1. The van der Waals surface area contributed by atoms with E-state index >= 15 is 0 Å². The van der Waals surface area contributed by atoms with Gasteiger partial charge in [0.15, 0.2) is 0 Å². The van der Waals surface area contributed by atoms with Gasteiger partial charge in [0.05, 0.1) is 12.7 Å². The Bertz CT molecular complexity index is 566. The maximum absolute atomic E-state index is 12.1. The molecule has 1 saturated heterocycles. The van der Waals surface area contributed by atoms with Crippen LogP contribution in [-0.4, -0.2) is 47.1 Å². The fourth-order valence-electron chi connectivity index (χ4n) is 2.28. The van der Waals surface area contributed by atoms with Crippen molar-refractivity contribution in [2.24, 2.45) is 0 Å². The largest absolute Gasteiger partial charge is 0.352 e. The number of anilines is 1. The summed E-state index contributed by atoms with van der Waals surface area (Å²) in [6, 6.07) is 4.02. The van der Waals surface area contributed by atoms with Crippen molar-refractivity contribution >= 4 is 23.2 Å². The number of urea groups is 1. The van der Waals surface area contributed by atoms with E-state index in [0.717, 1.165) is 18.9 Å². The summed E-state index contributed by atoms with van der Waals surface area (Å²) >= 11 is 1.65. The van der Waals surface area contributed by atoms with Gasteiger partial charge in [-0.15, -0.1) is 11.3 Å². The van der Waals surface area contributed by atoms with E-state index in [1.165, 1.54) is 4.88 Å². The van der Waals surface area contributed by atoms with Crippen molar-refractivity contribution in [1.29, 1.82) is 0 Å². The number of nitrogens with zero attached hydrogens (tertiary/aromatic N) is 4. The molecule has 0 aromatic carbocycles. The zero-order valence-corrected chi connectivity index (χ0v) is 12.4. The SMILES string of the molecule is O=C(NCc1cccs1)N1CCN(c2cnccn2)CC1. The summed E-state index contributed by atoms with van der Waals surface area (Å²) in [5.74, 6) is 0.871. The minimum Gasteiger partial charge on any atom is -0.352 e. The van der Waals surface area contributed by atoms with Gasteiger partial charge in [-0.05, 0) is 11.4 Å². The molecule has 3 rings (SSSR count). The van der Waals surface area contributed by atoms with E-state index < -0.39 is 0 Å². The van der Waals surface area contributed by atoms with Crippen molar-refractivity contribution in [3.05, 3.63) is 41.0 Å². The Morgan fingerprint density at radius 3 is 2.81 bits per heavy atom. The smallest absolute Gasteiger partial charge is 0.317 e. The predicted octanol–water partition coefficient (Wildman–Crippen LogP) is 1.57. The summed E-state index contributed by atoms with van der Waals surface area (Å²) in [7, 11) is 0.